The zero-order valence-electron chi connectivity index (χ0n) is 19.6. The third-order valence-corrected chi connectivity index (χ3v) is 8.51. The number of carbonyl (C=O) groups is 2. The van der Waals surface area contributed by atoms with Gasteiger partial charge in [-0.1, -0.05) is 0 Å². The Morgan fingerprint density at radius 2 is 1.44 bits per heavy atom. The van der Waals surface area contributed by atoms with Crippen LogP contribution < -0.4 is 0 Å². The monoisotopic (exact) mass is 554 g/mol. The minimum absolute atomic E-state index is 0.0191. The van der Waals surface area contributed by atoms with E-state index in [9.17, 15) is 44.3 Å². The molecule has 0 aliphatic heterocycles. The van der Waals surface area contributed by atoms with Crippen molar-refractivity contribution >= 4 is 22.1 Å². The summed E-state index contributed by atoms with van der Waals surface area (Å²) in [6.07, 6.45) is -4.21. The van der Waals surface area contributed by atoms with Gasteiger partial charge in [0.15, 0.2) is 5.67 Å². The predicted octanol–water partition coefficient (Wildman–Crippen LogP) is 4.18. The standard InChI is InChI=1S/C21H28F6O8S/c1-3-33-16(29)19(20(23,24)25,34-5-4-17(2,22)21(26,27)36(30,31)32)35-15(28)18-9-12-6-13(10-18)8-14(7-12)11-18/h12-14H,3-11H2,1-2H3,(H,30,31,32). The number of ether oxygens (including phenoxy) is 3. The van der Waals surface area contributed by atoms with Crippen LogP contribution in [-0.4, -0.2) is 61.0 Å². The minimum Gasteiger partial charge on any atom is -0.461 e. The van der Waals surface area contributed by atoms with E-state index >= 15 is 0 Å². The van der Waals surface area contributed by atoms with Gasteiger partial charge in [0, 0.05) is 6.42 Å². The van der Waals surface area contributed by atoms with Gasteiger partial charge in [-0.05, 0) is 70.1 Å². The van der Waals surface area contributed by atoms with Gasteiger partial charge in [-0.2, -0.15) is 30.4 Å². The van der Waals surface area contributed by atoms with E-state index in [0.29, 0.717) is 0 Å². The van der Waals surface area contributed by atoms with Crippen LogP contribution in [0, 0.1) is 23.2 Å². The maximum atomic E-state index is 14.5. The van der Waals surface area contributed by atoms with E-state index in [1.807, 2.05) is 0 Å². The second-order valence-corrected chi connectivity index (χ2v) is 11.7. The smallest absolute Gasteiger partial charge is 0.461 e. The fraction of sp³-hybridized carbons (Fsp3) is 0.905. The maximum Gasteiger partial charge on any atom is 0.468 e. The van der Waals surface area contributed by atoms with Gasteiger partial charge < -0.3 is 14.2 Å². The molecule has 4 fully saturated rings. The van der Waals surface area contributed by atoms with Crippen molar-refractivity contribution in [3.63, 3.8) is 0 Å². The molecule has 2 unspecified atom stereocenters. The predicted molar refractivity (Wildman–Crippen MR) is 109 cm³/mol. The molecule has 0 heterocycles. The number of carbonyl (C=O) groups excluding carboxylic acids is 2. The Bertz CT molecular complexity index is 944. The van der Waals surface area contributed by atoms with Crippen LogP contribution in [0.2, 0.25) is 0 Å². The average molecular weight is 555 g/mol. The van der Waals surface area contributed by atoms with Gasteiger partial charge in [-0.25, -0.2) is 9.18 Å². The minimum atomic E-state index is -6.29. The van der Waals surface area contributed by atoms with E-state index in [1.54, 1.807) is 0 Å². The molecule has 4 aliphatic carbocycles. The lowest BCUT2D eigenvalue weighted by atomic mass is 9.49. The molecular weight excluding hydrogens is 526 g/mol. The molecule has 2 atom stereocenters. The number of halogens is 6. The topological polar surface area (TPSA) is 116 Å². The van der Waals surface area contributed by atoms with Crippen LogP contribution in [0.4, 0.5) is 26.3 Å². The first-order chi connectivity index (χ1) is 16.3. The molecule has 0 aromatic heterocycles. The molecule has 4 saturated carbocycles. The normalized spacial score (nSPS) is 31.4. The molecule has 0 spiro atoms. The third kappa shape index (κ3) is 4.94. The molecular formula is C21H28F6O8S. The fourth-order valence-corrected chi connectivity index (χ4v) is 6.65. The lowest BCUT2D eigenvalue weighted by molar-refractivity contribution is -0.360. The van der Waals surface area contributed by atoms with Gasteiger partial charge >= 0.3 is 39.3 Å². The van der Waals surface area contributed by atoms with Crippen LogP contribution in [0.1, 0.15) is 58.8 Å². The Morgan fingerprint density at radius 3 is 1.83 bits per heavy atom. The molecule has 15 heteroatoms. The Hall–Kier alpha value is -1.61. The highest BCUT2D eigenvalue weighted by Crippen LogP contribution is 2.61. The number of esters is 2. The SMILES string of the molecule is CCOC(=O)C(OCCC(C)(F)C(F)(F)S(=O)(=O)O)(OC(=O)C12CC3CC(CC(C3)C1)C2)C(F)(F)F. The lowest BCUT2D eigenvalue weighted by Gasteiger charge is -2.55. The molecule has 0 aromatic rings. The molecule has 4 aliphatic rings. The zero-order valence-corrected chi connectivity index (χ0v) is 20.4. The van der Waals surface area contributed by atoms with E-state index in [4.69, 9.17) is 9.29 Å². The Morgan fingerprint density at radius 1 is 0.972 bits per heavy atom. The van der Waals surface area contributed by atoms with Crippen LogP contribution >= 0.6 is 0 Å². The Labute approximate surface area is 203 Å². The largest absolute Gasteiger partial charge is 0.468 e. The van der Waals surface area contributed by atoms with E-state index in [2.05, 4.69) is 9.47 Å². The van der Waals surface area contributed by atoms with Crippen molar-refractivity contribution in [2.45, 2.75) is 81.7 Å². The van der Waals surface area contributed by atoms with E-state index in [1.165, 1.54) is 0 Å². The Kier molecular flexibility index (Phi) is 7.48. The summed E-state index contributed by atoms with van der Waals surface area (Å²) in [6, 6.07) is 0. The van der Waals surface area contributed by atoms with Gasteiger partial charge in [0.1, 0.15) is 0 Å². The number of alkyl halides is 6. The van der Waals surface area contributed by atoms with Gasteiger partial charge in [-0.15, -0.1) is 0 Å². The second kappa shape index (κ2) is 9.29. The molecule has 1 N–H and O–H groups in total. The Balaban J connectivity index is 1.88. The number of rotatable bonds is 10. The van der Waals surface area contributed by atoms with Crippen LogP contribution in [0.15, 0.2) is 0 Å². The van der Waals surface area contributed by atoms with Crippen LogP contribution in [0.25, 0.3) is 0 Å². The van der Waals surface area contributed by atoms with Crippen molar-refractivity contribution in [2.75, 3.05) is 13.2 Å². The van der Waals surface area contributed by atoms with E-state index < -0.39 is 70.0 Å². The maximum absolute atomic E-state index is 14.5. The number of hydrogen-bond donors (Lipinski definition) is 1. The van der Waals surface area contributed by atoms with Gasteiger partial charge in [-0.3, -0.25) is 9.35 Å². The first-order valence-corrected chi connectivity index (χ1v) is 12.9. The fourth-order valence-electron chi connectivity index (χ4n) is 6.01. The molecule has 208 valence electrons. The van der Waals surface area contributed by atoms with Crippen molar-refractivity contribution in [3.8, 4) is 0 Å². The highest BCUT2D eigenvalue weighted by molar-refractivity contribution is 7.87. The van der Waals surface area contributed by atoms with Crippen molar-refractivity contribution in [1.29, 1.82) is 0 Å². The highest BCUT2D eigenvalue weighted by atomic mass is 32.2. The van der Waals surface area contributed by atoms with E-state index in [0.717, 1.165) is 26.2 Å². The molecule has 4 bridgehead atoms. The third-order valence-electron chi connectivity index (χ3n) is 7.43. The van der Waals surface area contributed by atoms with Crippen molar-refractivity contribution in [2.24, 2.45) is 23.2 Å². The molecule has 0 saturated heterocycles. The summed E-state index contributed by atoms with van der Waals surface area (Å²) in [5.74, 6) is -7.60. The van der Waals surface area contributed by atoms with Gasteiger partial charge in [0.05, 0.1) is 18.6 Å². The van der Waals surface area contributed by atoms with Crippen LogP contribution in [0.3, 0.4) is 0 Å². The molecule has 4 rings (SSSR count). The summed E-state index contributed by atoms with van der Waals surface area (Å²) in [4.78, 5) is 25.7. The average Bonchev–Trinajstić information content (AvgIpc) is 2.70. The van der Waals surface area contributed by atoms with Gasteiger partial charge in [0.25, 0.3) is 0 Å². The summed E-state index contributed by atoms with van der Waals surface area (Å²) in [5, 5.41) is -5.41. The lowest BCUT2D eigenvalue weighted by Crippen LogP contribution is -2.61. The highest BCUT2D eigenvalue weighted by Gasteiger charge is 2.70. The summed E-state index contributed by atoms with van der Waals surface area (Å²) in [6.45, 7) is -1.07. The summed E-state index contributed by atoms with van der Waals surface area (Å²) in [7, 11) is -6.29. The van der Waals surface area contributed by atoms with Crippen LogP contribution in [-0.2, 0) is 33.9 Å². The van der Waals surface area contributed by atoms with E-state index in [-0.39, 0.29) is 43.9 Å². The summed E-state index contributed by atoms with van der Waals surface area (Å²) in [5.41, 5.74) is -5.40. The second-order valence-electron chi connectivity index (χ2n) is 10.2. The number of hydrogen-bond acceptors (Lipinski definition) is 7. The summed E-state index contributed by atoms with van der Waals surface area (Å²) < 4.78 is 129. The zero-order chi connectivity index (χ0) is 27.4. The first-order valence-electron chi connectivity index (χ1n) is 11.5. The molecule has 0 radical (unpaired) electrons. The molecule has 0 aromatic carbocycles. The van der Waals surface area contributed by atoms with Crippen molar-refractivity contribution in [1.82, 2.24) is 0 Å². The summed E-state index contributed by atoms with van der Waals surface area (Å²) >= 11 is 0. The molecule has 8 nitrogen and oxygen atoms in total. The van der Waals surface area contributed by atoms with Crippen molar-refractivity contribution in [3.05, 3.63) is 0 Å². The first kappa shape index (κ1) is 29.0. The van der Waals surface area contributed by atoms with Crippen molar-refractivity contribution < 1.29 is 63.1 Å². The van der Waals surface area contributed by atoms with Crippen LogP contribution in [0.5, 0.6) is 0 Å². The van der Waals surface area contributed by atoms with Gasteiger partial charge in [0.2, 0.25) is 0 Å². The molecule has 0 amide bonds. The quantitative estimate of drug-likeness (QED) is 0.185. The molecule has 36 heavy (non-hydrogen) atoms.